The molecule has 1 aromatic carbocycles. The standard InChI is InChI=1S/C15H19N3O/c1-11-14(9-16)10-18(17-11)6-4-12-2-3-15-13(8-12)5-7-19-15/h2-3,8,10H,4-7,9,16H2,1H3. The highest BCUT2D eigenvalue weighted by molar-refractivity contribution is 5.39. The van der Waals surface area contributed by atoms with E-state index in [0.717, 1.165) is 43.0 Å². The maximum Gasteiger partial charge on any atom is 0.122 e. The van der Waals surface area contributed by atoms with Gasteiger partial charge in [0, 0.05) is 31.3 Å². The summed E-state index contributed by atoms with van der Waals surface area (Å²) in [5.41, 5.74) is 10.5. The van der Waals surface area contributed by atoms with E-state index >= 15 is 0 Å². The zero-order valence-electron chi connectivity index (χ0n) is 11.2. The molecule has 4 heteroatoms. The first-order valence-electron chi connectivity index (χ1n) is 6.74. The normalized spacial score (nSPS) is 13.4. The number of nitrogens with two attached hydrogens (primary N) is 1. The number of hydrogen-bond donors (Lipinski definition) is 1. The van der Waals surface area contributed by atoms with Gasteiger partial charge in [-0.05, 0) is 30.5 Å². The van der Waals surface area contributed by atoms with Crippen molar-refractivity contribution in [3.63, 3.8) is 0 Å². The first kappa shape index (κ1) is 12.2. The molecule has 0 atom stereocenters. The first-order valence-corrected chi connectivity index (χ1v) is 6.74. The van der Waals surface area contributed by atoms with Crippen LogP contribution >= 0.6 is 0 Å². The van der Waals surface area contributed by atoms with Gasteiger partial charge in [-0.3, -0.25) is 4.68 Å². The van der Waals surface area contributed by atoms with E-state index in [-0.39, 0.29) is 0 Å². The third-order valence-corrected chi connectivity index (χ3v) is 3.65. The summed E-state index contributed by atoms with van der Waals surface area (Å²) >= 11 is 0. The molecule has 0 radical (unpaired) electrons. The topological polar surface area (TPSA) is 53.1 Å². The summed E-state index contributed by atoms with van der Waals surface area (Å²) in [7, 11) is 0. The number of rotatable bonds is 4. The van der Waals surface area contributed by atoms with E-state index in [9.17, 15) is 0 Å². The summed E-state index contributed by atoms with van der Waals surface area (Å²) in [6.07, 6.45) is 4.06. The molecular formula is C15H19N3O. The predicted molar refractivity (Wildman–Crippen MR) is 74.2 cm³/mol. The van der Waals surface area contributed by atoms with E-state index in [0.29, 0.717) is 6.54 Å². The van der Waals surface area contributed by atoms with Gasteiger partial charge >= 0.3 is 0 Å². The van der Waals surface area contributed by atoms with Gasteiger partial charge < -0.3 is 10.5 Å². The van der Waals surface area contributed by atoms with Crippen LogP contribution in [-0.2, 0) is 25.9 Å². The van der Waals surface area contributed by atoms with Crippen molar-refractivity contribution in [2.45, 2.75) is 32.9 Å². The Morgan fingerprint density at radius 1 is 1.42 bits per heavy atom. The molecule has 2 aromatic rings. The highest BCUT2D eigenvalue weighted by atomic mass is 16.5. The number of aryl methyl sites for hydroxylation is 3. The number of hydrogen-bond acceptors (Lipinski definition) is 3. The summed E-state index contributed by atoms with van der Waals surface area (Å²) in [5.74, 6) is 1.05. The zero-order chi connectivity index (χ0) is 13.2. The average Bonchev–Trinajstić information content (AvgIpc) is 3.01. The summed E-state index contributed by atoms with van der Waals surface area (Å²) in [6.45, 7) is 4.27. The van der Waals surface area contributed by atoms with Gasteiger partial charge in [0.25, 0.3) is 0 Å². The molecular weight excluding hydrogens is 238 g/mol. The quantitative estimate of drug-likeness (QED) is 0.909. The summed E-state index contributed by atoms with van der Waals surface area (Å²) in [4.78, 5) is 0. The lowest BCUT2D eigenvalue weighted by Crippen LogP contribution is -2.02. The Morgan fingerprint density at radius 2 is 2.32 bits per heavy atom. The van der Waals surface area contributed by atoms with E-state index in [1.165, 1.54) is 11.1 Å². The Kier molecular flexibility index (Phi) is 3.25. The monoisotopic (exact) mass is 257 g/mol. The van der Waals surface area contributed by atoms with Crippen LogP contribution < -0.4 is 10.5 Å². The summed E-state index contributed by atoms with van der Waals surface area (Å²) in [5, 5.41) is 4.48. The summed E-state index contributed by atoms with van der Waals surface area (Å²) in [6, 6.07) is 6.48. The van der Waals surface area contributed by atoms with Crippen LogP contribution in [0.1, 0.15) is 22.4 Å². The molecule has 0 fully saturated rings. The van der Waals surface area contributed by atoms with Crippen molar-refractivity contribution in [3.05, 3.63) is 46.8 Å². The molecule has 0 aliphatic carbocycles. The molecule has 2 heterocycles. The van der Waals surface area contributed by atoms with Gasteiger partial charge in [-0.2, -0.15) is 5.10 Å². The first-order chi connectivity index (χ1) is 9.26. The number of ether oxygens (including phenoxy) is 1. The molecule has 19 heavy (non-hydrogen) atoms. The van der Waals surface area contributed by atoms with Crippen LogP contribution in [-0.4, -0.2) is 16.4 Å². The Hall–Kier alpha value is -1.81. The van der Waals surface area contributed by atoms with Crippen molar-refractivity contribution in [1.29, 1.82) is 0 Å². The van der Waals surface area contributed by atoms with Crippen LogP contribution in [0.25, 0.3) is 0 Å². The molecule has 0 amide bonds. The second-order valence-corrected chi connectivity index (χ2v) is 5.00. The molecule has 1 aliphatic rings. The molecule has 1 aliphatic heterocycles. The fourth-order valence-corrected chi connectivity index (χ4v) is 2.51. The van der Waals surface area contributed by atoms with Crippen molar-refractivity contribution in [2.75, 3.05) is 6.61 Å². The van der Waals surface area contributed by atoms with Crippen LogP contribution in [0.3, 0.4) is 0 Å². The van der Waals surface area contributed by atoms with E-state index in [1.807, 2.05) is 17.8 Å². The summed E-state index contributed by atoms with van der Waals surface area (Å²) < 4.78 is 7.51. The molecule has 0 bridgehead atoms. The van der Waals surface area contributed by atoms with Gasteiger partial charge in [-0.25, -0.2) is 0 Å². The van der Waals surface area contributed by atoms with Crippen LogP contribution in [0.5, 0.6) is 5.75 Å². The van der Waals surface area contributed by atoms with E-state index in [4.69, 9.17) is 10.5 Å². The third-order valence-electron chi connectivity index (χ3n) is 3.65. The molecule has 0 saturated heterocycles. The number of fused-ring (bicyclic) bond motifs is 1. The molecule has 1 aromatic heterocycles. The van der Waals surface area contributed by atoms with Crippen molar-refractivity contribution in [3.8, 4) is 5.75 Å². The van der Waals surface area contributed by atoms with Crippen LogP contribution in [0.15, 0.2) is 24.4 Å². The maximum absolute atomic E-state index is 5.67. The number of benzene rings is 1. The van der Waals surface area contributed by atoms with Gasteiger partial charge in [0.1, 0.15) is 5.75 Å². The molecule has 0 spiro atoms. The maximum atomic E-state index is 5.67. The van der Waals surface area contributed by atoms with E-state index in [2.05, 4.69) is 23.3 Å². The molecule has 100 valence electrons. The Balaban J connectivity index is 1.68. The van der Waals surface area contributed by atoms with Crippen molar-refractivity contribution < 1.29 is 4.74 Å². The lowest BCUT2D eigenvalue weighted by Gasteiger charge is -2.04. The highest BCUT2D eigenvalue weighted by Gasteiger charge is 2.12. The third kappa shape index (κ3) is 2.49. The van der Waals surface area contributed by atoms with Crippen LogP contribution in [0.4, 0.5) is 0 Å². The van der Waals surface area contributed by atoms with Crippen LogP contribution in [0, 0.1) is 6.92 Å². The number of aromatic nitrogens is 2. The minimum absolute atomic E-state index is 0.558. The van der Waals surface area contributed by atoms with Gasteiger partial charge in [-0.1, -0.05) is 12.1 Å². The van der Waals surface area contributed by atoms with Gasteiger partial charge in [0.15, 0.2) is 0 Å². The fourth-order valence-electron chi connectivity index (χ4n) is 2.51. The minimum Gasteiger partial charge on any atom is -0.493 e. The van der Waals surface area contributed by atoms with E-state index < -0.39 is 0 Å². The van der Waals surface area contributed by atoms with Crippen molar-refractivity contribution >= 4 is 0 Å². The Labute approximate surface area is 113 Å². The van der Waals surface area contributed by atoms with Crippen molar-refractivity contribution in [1.82, 2.24) is 9.78 Å². The molecule has 0 saturated carbocycles. The number of nitrogens with zero attached hydrogens (tertiary/aromatic N) is 2. The average molecular weight is 257 g/mol. The van der Waals surface area contributed by atoms with Gasteiger partial charge in [-0.15, -0.1) is 0 Å². The van der Waals surface area contributed by atoms with Crippen LogP contribution in [0.2, 0.25) is 0 Å². The smallest absolute Gasteiger partial charge is 0.122 e. The van der Waals surface area contributed by atoms with E-state index in [1.54, 1.807) is 0 Å². The van der Waals surface area contributed by atoms with Crippen molar-refractivity contribution in [2.24, 2.45) is 5.73 Å². The largest absolute Gasteiger partial charge is 0.493 e. The lowest BCUT2D eigenvalue weighted by atomic mass is 10.1. The second-order valence-electron chi connectivity index (χ2n) is 5.00. The van der Waals surface area contributed by atoms with Gasteiger partial charge in [0.2, 0.25) is 0 Å². The Bertz CT molecular complexity index is 589. The molecule has 2 N–H and O–H groups in total. The highest BCUT2D eigenvalue weighted by Crippen LogP contribution is 2.26. The predicted octanol–water partition coefficient (Wildman–Crippen LogP) is 1.83. The second kappa shape index (κ2) is 5.05. The molecule has 3 rings (SSSR count). The molecule has 0 unspecified atom stereocenters. The fraction of sp³-hybridized carbons (Fsp3) is 0.400. The SMILES string of the molecule is Cc1nn(CCc2ccc3c(c2)CCO3)cc1CN. The minimum atomic E-state index is 0.558. The lowest BCUT2D eigenvalue weighted by molar-refractivity contribution is 0.357. The van der Waals surface area contributed by atoms with Gasteiger partial charge in [0.05, 0.1) is 12.3 Å². The Morgan fingerprint density at radius 3 is 3.11 bits per heavy atom. The zero-order valence-corrected chi connectivity index (χ0v) is 11.2. The molecule has 4 nitrogen and oxygen atoms in total.